The molecule has 2 unspecified atom stereocenters. The molecule has 8 nitrogen and oxygen atoms in total. The van der Waals surface area contributed by atoms with E-state index >= 15 is 0 Å². The molecule has 156 valence electrons. The van der Waals surface area contributed by atoms with Crippen LogP contribution in [0.25, 0.3) is 5.76 Å². The van der Waals surface area contributed by atoms with Gasteiger partial charge in [-0.3, -0.25) is 14.6 Å². The second-order valence-electron chi connectivity index (χ2n) is 7.25. The van der Waals surface area contributed by atoms with Crippen molar-refractivity contribution in [1.29, 1.82) is 0 Å². The summed E-state index contributed by atoms with van der Waals surface area (Å²) in [4.78, 5) is 31.2. The fraction of sp³-hybridized carbons (Fsp3) is 0.318. The highest BCUT2D eigenvalue weighted by Gasteiger charge is 2.47. The third-order valence-corrected chi connectivity index (χ3v) is 5.44. The standard InChI is InChI=1S/C22H22N2O6/c1-29-17-5-4-14(11-16(17)25)19-18(20(26)13-6-8-23-9-7-13)21(27)22(28)24(19)12-15-3-2-10-30-15/h4-9,11,15,19,25-26H,2-3,10,12H2,1H3/b20-18-. The molecule has 30 heavy (non-hydrogen) atoms. The highest BCUT2D eigenvalue weighted by molar-refractivity contribution is 6.46. The van der Waals surface area contributed by atoms with Crippen molar-refractivity contribution in [2.75, 3.05) is 20.3 Å². The van der Waals surface area contributed by atoms with Crippen molar-refractivity contribution in [2.45, 2.75) is 25.0 Å². The maximum absolute atomic E-state index is 12.9. The molecule has 2 aliphatic heterocycles. The topological polar surface area (TPSA) is 109 Å². The Kier molecular flexibility index (Phi) is 5.41. The molecule has 0 saturated carbocycles. The number of pyridine rings is 1. The number of carbonyl (C=O) groups is 2. The van der Waals surface area contributed by atoms with Gasteiger partial charge in [0.05, 0.1) is 24.8 Å². The van der Waals surface area contributed by atoms with Crippen LogP contribution in [0, 0.1) is 0 Å². The minimum atomic E-state index is -0.862. The van der Waals surface area contributed by atoms with Crippen LogP contribution < -0.4 is 4.74 Å². The summed E-state index contributed by atoms with van der Waals surface area (Å²) in [5, 5.41) is 21.2. The van der Waals surface area contributed by atoms with Crippen LogP contribution in [0.2, 0.25) is 0 Å². The van der Waals surface area contributed by atoms with Crippen molar-refractivity contribution in [3.05, 3.63) is 59.4 Å². The monoisotopic (exact) mass is 410 g/mol. The summed E-state index contributed by atoms with van der Waals surface area (Å²) in [7, 11) is 1.43. The van der Waals surface area contributed by atoms with Crippen LogP contribution in [-0.2, 0) is 14.3 Å². The first-order valence-corrected chi connectivity index (χ1v) is 9.68. The van der Waals surface area contributed by atoms with Gasteiger partial charge in [-0.05, 0) is 42.7 Å². The van der Waals surface area contributed by atoms with Crippen molar-refractivity contribution < 1.29 is 29.3 Å². The number of benzene rings is 1. The number of Topliss-reactive ketones (excluding diaryl/α,β-unsaturated/α-hetero) is 1. The Morgan fingerprint density at radius 3 is 2.67 bits per heavy atom. The highest BCUT2D eigenvalue weighted by Crippen LogP contribution is 2.42. The lowest BCUT2D eigenvalue weighted by Crippen LogP contribution is -2.36. The molecule has 1 aromatic carbocycles. The molecular formula is C22H22N2O6. The summed E-state index contributed by atoms with van der Waals surface area (Å²) in [5.74, 6) is -1.62. The Morgan fingerprint density at radius 2 is 2.03 bits per heavy atom. The third-order valence-electron chi connectivity index (χ3n) is 5.44. The number of amides is 1. The summed E-state index contributed by atoms with van der Waals surface area (Å²) in [5.41, 5.74) is 0.831. The van der Waals surface area contributed by atoms with Gasteiger partial charge in [-0.25, -0.2) is 0 Å². The van der Waals surface area contributed by atoms with Crippen molar-refractivity contribution in [2.24, 2.45) is 0 Å². The summed E-state index contributed by atoms with van der Waals surface area (Å²) >= 11 is 0. The molecule has 4 rings (SSSR count). The van der Waals surface area contributed by atoms with Crippen LogP contribution in [0.3, 0.4) is 0 Å². The number of carbonyl (C=O) groups excluding carboxylic acids is 2. The second-order valence-corrected chi connectivity index (χ2v) is 7.25. The van der Waals surface area contributed by atoms with Gasteiger partial charge in [0.25, 0.3) is 11.7 Å². The number of rotatable bonds is 5. The number of aliphatic hydroxyl groups excluding tert-OH is 1. The molecule has 2 aromatic rings. The van der Waals surface area contributed by atoms with E-state index in [9.17, 15) is 19.8 Å². The van der Waals surface area contributed by atoms with Crippen LogP contribution in [0.1, 0.15) is 30.0 Å². The average molecular weight is 410 g/mol. The fourth-order valence-corrected chi connectivity index (χ4v) is 3.96. The number of ether oxygens (including phenoxy) is 2. The van der Waals surface area contributed by atoms with E-state index in [-0.39, 0.29) is 35.5 Å². The largest absolute Gasteiger partial charge is 0.507 e. The van der Waals surface area contributed by atoms with Crippen molar-refractivity contribution in [3.63, 3.8) is 0 Å². The number of likely N-dealkylation sites (tertiary alicyclic amines) is 1. The third kappa shape index (κ3) is 3.50. The predicted octanol–water partition coefficient (Wildman–Crippen LogP) is 2.40. The van der Waals surface area contributed by atoms with Gasteiger partial charge in [0.15, 0.2) is 11.5 Å². The quantitative estimate of drug-likeness (QED) is 0.442. The first-order valence-electron chi connectivity index (χ1n) is 9.68. The Hall–Kier alpha value is -3.39. The maximum Gasteiger partial charge on any atom is 0.295 e. The lowest BCUT2D eigenvalue weighted by Gasteiger charge is -2.27. The SMILES string of the molecule is COc1ccc(C2/C(=C(/O)c3ccncc3)C(=O)C(=O)N2CC2CCCO2)cc1O. The molecule has 0 radical (unpaired) electrons. The molecule has 2 N–H and O–H groups in total. The molecule has 8 heteroatoms. The summed E-state index contributed by atoms with van der Waals surface area (Å²) in [6.07, 6.45) is 4.48. The molecule has 0 aliphatic carbocycles. The number of methoxy groups -OCH3 is 1. The summed E-state index contributed by atoms with van der Waals surface area (Å²) in [6, 6.07) is 6.93. The van der Waals surface area contributed by atoms with Crippen LogP contribution in [0.15, 0.2) is 48.3 Å². The Morgan fingerprint density at radius 1 is 1.27 bits per heavy atom. The van der Waals surface area contributed by atoms with E-state index in [0.29, 0.717) is 17.7 Å². The maximum atomic E-state index is 12.9. The number of phenols is 1. The number of phenolic OH excluding ortho intramolecular Hbond substituents is 1. The van der Waals surface area contributed by atoms with Gasteiger partial charge in [-0.15, -0.1) is 0 Å². The van der Waals surface area contributed by atoms with Crippen LogP contribution in [0.4, 0.5) is 0 Å². The van der Waals surface area contributed by atoms with Gasteiger partial charge < -0.3 is 24.6 Å². The zero-order valence-corrected chi connectivity index (χ0v) is 16.4. The number of hydrogen-bond acceptors (Lipinski definition) is 7. The van der Waals surface area contributed by atoms with Crippen LogP contribution >= 0.6 is 0 Å². The van der Waals surface area contributed by atoms with Crippen molar-refractivity contribution in [1.82, 2.24) is 9.88 Å². The second kappa shape index (κ2) is 8.16. The molecular weight excluding hydrogens is 388 g/mol. The molecule has 0 spiro atoms. The van der Waals surface area contributed by atoms with Crippen LogP contribution in [-0.4, -0.2) is 58.2 Å². The minimum Gasteiger partial charge on any atom is -0.507 e. The highest BCUT2D eigenvalue weighted by atomic mass is 16.5. The van der Waals surface area contributed by atoms with Crippen LogP contribution in [0.5, 0.6) is 11.5 Å². The van der Waals surface area contributed by atoms with Gasteiger partial charge in [0.1, 0.15) is 5.76 Å². The molecule has 1 aromatic heterocycles. The van der Waals surface area contributed by atoms with E-state index < -0.39 is 17.7 Å². The van der Waals surface area contributed by atoms with Gasteiger partial charge in [0, 0.05) is 31.1 Å². The average Bonchev–Trinajstić information content (AvgIpc) is 3.36. The normalized spacial score (nSPS) is 23.2. The number of aromatic hydroxyl groups is 1. The van der Waals surface area contributed by atoms with E-state index in [0.717, 1.165) is 12.8 Å². The zero-order valence-electron chi connectivity index (χ0n) is 16.4. The van der Waals surface area contributed by atoms with Gasteiger partial charge >= 0.3 is 0 Å². The molecule has 2 fully saturated rings. The molecule has 0 bridgehead atoms. The van der Waals surface area contributed by atoms with E-state index in [1.165, 1.54) is 30.5 Å². The number of hydrogen-bond donors (Lipinski definition) is 2. The number of aliphatic hydroxyl groups is 1. The molecule has 1 amide bonds. The van der Waals surface area contributed by atoms with Gasteiger partial charge in [-0.1, -0.05) is 6.07 Å². The molecule has 2 atom stereocenters. The Labute approximate surface area is 173 Å². The van der Waals surface area contributed by atoms with E-state index in [1.54, 1.807) is 24.3 Å². The zero-order chi connectivity index (χ0) is 21.3. The lowest BCUT2D eigenvalue weighted by molar-refractivity contribution is -0.140. The fourth-order valence-electron chi connectivity index (χ4n) is 3.96. The number of nitrogens with zero attached hydrogens (tertiary/aromatic N) is 2. The molecule has 2 saturated heterocycles. The number of aromatic nitrogens is 1. The smallest absolute Gasteiger partial charge is 0.295 e. The van der Waals surface area contributed by atoms with E-state index in [2.05, 4.69) is 4.98 Å². The summed E-state index contributed by atoms with van der Waals surface area (Å²) in [6.45, 7) is 0.828. The minimum absolute atomic E-state index is 0.0336. The van der Waals surface area contributed by atoms with Crippen molar-refractivity contribution >= 4 is 17.4 Å². The predicted molar refractivity (Wildman–Crippen MR) is 107 cm³/mol. The van der Waals surface area contributed by atoms with Gasteiger partial charge in [0.2, 0.25) is 0 Å². The molecule has 2 aliphatic rings. The Balaban J connectivity index is 1.83. The van der Waals surface area contributed by atoms with E-state index in [4.69, 9.17) is 9.47 Å². The van der Waals surface area contributed by atoms with Gasteiger partial charge in [-0.2, -0.15) is 0 Å². The first-order chi connectivity index (χ1) is 14.5. The van der Waals surface area contributed by atoms with E-state index in [1.807, 2.05) is 0 Å². The Bertz CT molecular complexity index is 998. The lowest BCUT2D eigenvalue weighted by atomic mass is 9.95. The first kappa shape index (κ1) is 19.9. The number of ketones is 1. The molecule has 3 heterocycles. The summed E-state index contributed by atoms with van der Waals surface area (Å²) < 4.78 is 10.8. The van der Waals surface area contributed by atoms with Crippen molar-refractivity contribution in [3.8, 4) is 11.5 Å².